The summed E-state index contributed by atoms with van der Waals surface area (Å²) in [4.78, 5) is 4.11. The molecule has 6 nitrogen and oxygen atoms in total. The van der Waals surface area contributed by atoms with E-state index in [1.54, 1.807) is 24.5 Å². The van der Waals surface area contributed by atoms with Gasteiger partial charge in [0.15, 0.2) is 0 Å². The van der Waals surface area contributed by atoms with E-state index in [0.717, 1.165) is 5.56 Å². The van der Waals surface area contributed by atoms with E-state index in [4.69, 9.17) is 11.6 Å². The van der Waals surface area contributed by atoms with Crippen LogP contribution >= 0.6 is 11.6 Å². The molecular formula is C14H13ClN4O2S. The van der Waals surface area contributed by atoms with Gasteiger partial charge in [-0.3, -0.25) is 4.98 Å². The van der Waals surface area contributed by atoms with Gasteiger partial charge in [-0.2, -0.15) is 8.42 Å². The van der Waals surface area contributed by atoms with Gasteiger partial charge in [-0.25, -0.2) is 0 Å². The molecule has 1 aromatic carbocycles. The van der Waals surface area contributed by atoms with Crippen LogP contribution in [0, 0.1) is 0 Å². The third-order valence-electron chi connectivity index (χ3n) is 3.22. The minimum Gasteiger partial charge on any atom is -0.349 e. The summed E-state index contributed by atoms with van der Waals surface area (Å²) in [6, 6.07) is 8.18. The molecule has 1 aromatic heterocycles. The first kappa shape index (κ1) is 14.8. The summed E-state index contributed by atoms with van der Waals surface area (Å²) in [6.45, 7) is 1.89. The molecule has 1 aliphatic rings. The van der Waals surface area contributed by atoms with E-state index in [2.05, 4.69) is 20.0 Å². The Hall–Kier alpha value is -2.12. The van der Waals surface area contributed by atoms with Crippen LogP contribution in [-0.4, -0.2) is 19.4 Å². The third kappa shape index (κ3) is 2.90. The predicted octanol–water partition coefficient (Wildman–Crippen LogP) is 2.56. The molecule has 0 aliphatic carbocycles. The first-order valence-corrected chi connectivity index (χ1v) is 8.35. The summed E-state index contributed by atoms with van der Waals surface area (Å²) in [5, 5.41) is 6.34. The van der Waals surface area contributed by atoms with Gasteiger partial charge in [0.05, 0.1) is 11.7 Å². The monoisotopic (exact) mass is 336 g/mol. The molecule has 0 fully saturated rings. The molecule has 3 rings (SSSR count). The van der Waals surface area contributed by atoms with Crippen molar-refractivity contribution in [2.24, 2.45) is 4.40 Å². The summed E-state index contributed by atoms with van der Waals surface area (Å²) < 4.78 is 28.2. The van der Waals surface area contributed by atoms with Crippen LogP contribution in [0.25, 0.3) is 0 Å². The Morgan fingerprint density at radius 1 is 1.32 bits per heavy atom. The number of nitrogens with one attached hydrogen (secondary N) is 2. The lowest BCUT2D eigenvalue weighted by Gasteiger charge is -2.22. The van der Waals surface area contributed by atoms with Crippen molar-refractivity contribution in [1.82, 2.24) is 10.3 Å². The number of halogens is 1. The highest BCUT2D eigenvalue weighted by Gasteiger charge is 2.25. The maximum atomic E-state index is 12.2. The van der Waals surface area contributed by atoms with E-state index < -0.39 is 10.0 Å². The summed E-state index contributed by atoms with van der Waals surface area (Å²) >= 11 is 5.84. The predicted molar refractivity (Wildman–Crippen MR) is 85.5 cm³/mol. The van der Waals surface area contributed by atoms with Gasteiger partial charge in [-0.05, 0) is 36.8 Å². The molecular weight excluding hydrogens is 324 g/mol. The number of hydrogen-bond donors (Lipinski definition) is 2. The van der Waals surface area contributed by atoms with Crippen molar-refractivity contribution in [2.45, 2.75) is 17.9 Å². The molecule has 2 N–H and O–H groups in total. The zero-order valence-corrected chi connectivity index (χ0v) is 13.2. The number of pyridine rings is 1. The van der Waals surface area contributed by atoms with Crippen molar-refractivity contribution in [1.29, 1.82) is 0 Å². The van der Waals surface area contributed by atoms with Crippen LogP contribution in [0.15, 0.2) is 52.0 Å². The normalized spacial score (nSPS) is 16.9. The SMILES string of the molecule is CC(NC1=NS(=O)(=O)c2cc(Cl)ccc2N1)c1cccnc1. The minimum absolute atomic E-state index is 0.0691. The van der Waals surface area contributed by atoms with Crippen LogP contribution in [-0.2, 0) is 10.0 Å². The molecule has 0 amide bonds. The summed E-state index contributed by atoms with van der Waals surface area (Å²) in [6.07, 6.45) is 3.39. The van der Waals surface area contributed by atoms with Crippen molar-refractivity contribution in [2.75, 3.05) is 5.32 Å². The molecule has 0 saturated heterocycles. The molecule has 0 bridgehead atoms. The van der Waals surface area contributed by atoms with Crippen LogP contribution in [0.5, 0.6) is 0 Å². The molecule has 0 saturated carbocycles. The van der Waals surface area contributed by atoms with E-state index in [9.17, 15) is 8.42 Å². The number of guanidine groups is 1. The van der Waals surface area contributed by atoms with E-state index in [0.29, 0.717) is 10.7 Å². The molecule has 2 aromatic rings. The largest absolute Gasteiger partial charge is 0.349 e. The van der Waals surface area contributed by atoms with Crippen molar-refractivity contribution < 1.29 is 8.42 Å². The quantitative estimate of drug-likeness (QED) is 0.880. The second-order valence-electron chi connectivity index (χ2n) is 4.83. The second-order valence-corrected chi connectivity index (χ2v) is 6.84. The Bertz CT molecular complexity index is 837. The summed E-state index contributed by atoms with van der Waals surface area (Å²) in [7, 11) is -3.78. The lowest BCUT2D eigenvalue weighted by atomic mass is 10.1. The zero-order valence-electron chi connectivity index (χ0n) is 11.6. The van der Waals surface area contributed by atoms with Crippen molar-refractivity contribution in [3.63, 3.8) is 0 Å². The van der Waals surface area contributed by atoms with Crippen molar-refractivity contribution >= 4 is 33.3 Å². The van der Waals surface area contributed by atoms with Gasteiger partial charge < -0.3 is 10.6 Å². The lowest BCUT2D eigenvalue weighted by Crippen LogP contribution is -2.36. The van der Waals surface area contributed by atoms with E-state index in [-0.39, 0.29) is 16.9 Å². The summed E-state index contributed by atoms with van der Waals surface area (Å²) in [5.74, 6) is 0.172. The Labute approximate surface area is 133 Å². The van der Waals surface area contributed by atoms with Gasteiger partial charge in [-0.15, -0.1) is 4.40 Å². The first-order chi connectivity index (χ1) is 10.5. The Morgan fingerprint density at radius 3 is 2.86 bits per heavy atom. The molecule has 0 radical (unpaired) electrons. The van der Waals surface area contributed by atoms with E-state index in [1.807, 2.05) is 19.1 Å². The maximum absolute atomic E-state index is 12.2. The summed E-state index contributed by atoms with van der Waals surface area (Å²) in [5.41, 5.74) is 1.37. The fraction of sp³-hybridized carbons (Fsp3) is 0.143. The van der Waals surface area contributed by atoms with Crippen LogP contribution in [0.2, 0.25) is 5.02 Å². The number of anilines is 1. The maximum Gasteiger partial charge on any atom is 0.287 e. The highest BCUT2D eigenvalue weighted by atomic mass is 35.5. The van der Waals surface area contributed by atoms with Crippen LogP contribution < -0.4 is 10.6 Å². The van der Waals surface area contributed by atoms with E-state index >= 15 is 0 Å². The van der Waals surface area contributed by atoms with Crippen molar-refractivity contribution in [3.8, 4) is 0 Å². The minimum atomic E-state index is -3.78. The van der Waals surface area contributed by atoms with Crippen LogP contribution in [0.1, 0.15) is 18.5 Å². The zero-order chi connectivity index (χ0) is 15.7. The molecule has 8 heteroatoms. The number of sulfonamides is 1. The molecule has 0 spiro atoms. The second kappa shape index (κ2) is 5.58. The number of rotatable bonds is 2. The number of benzene rings is 1. The molecule has 1 atom stereocenters. The molecule has 2 heterocycles. The fourth-order valence-corrected chi connectivity index (χ4v) is 3.46. The molecule has 1 unspecified atom stereocenters. The standard InChI is InChI=1S/C14H13ClN4O2S/c1-9(10-3-2-6-16-8-10)17-14-18-12-5-4-11(15)7-13(12)22(20,21)19-14/h2-9H,1H3,(H2,17,18,19). The van der Waals surface area contributed by atoms with Crippen LogP contribution in [0.3, 0.4) is 0 Å². The third-order valence-corrected chi connectivity index (χ3v) is 4.78. The average Bonchev–Trinajstić information content (AvgIpc) is 2.48. The molecule has 1 aliphatic heterocycles. The van der Waals surface area contributed by atoms with Gasteiger partial charge in [0.25, 0.3) is 10.0 Å². The fourth-order valence-electron chi connectivity index (χ4n) is 2.12. The first-order valence-electron chi connectivity index (χ1n) is 6.54. The number of fused-ring (bicyclic) bond motifs is 1. The van der Waals surface area contributed by atoms with Gasteiger partial charge in [0, 0.05) is 17.4 Å². The lowest BCUT2D eigenvalue weighted by molar-refractivity contribution is 0.596. The topological polar surface area (TPSA) is 83.5 Å². The van der Waals surface area contributed by atoms with E-state index in [1.165, 1.54) is 6.07 Å². The Morgan fingerprint density at radius 2 is 2.14 bits per heavy atom. The number of nitrogens with zero attached hydrogens (tertiary/aromatic N) is 2. The van der Waals surface area contributed by atoms with Crippen LogP contribution in [0.4, 0.5) is 5.69 Å². The smallest absolute Gasteiger partial charge is 0.287 e. The number of hydrogen-bond acceptors (Lipinski definition) is 5. The van der Waals surface area contributed by atoms with Gasteiger partial charge >= 0.3 is 0 Å². The number of aromatic nitrogens is 1. The average molecular weight is 337 g/mol. The highest BCUT2D eigenvalue weighted by Crippen LogP contribution is 2.29. The van der Waals surface area contributed by atoms with Crippen molar-refractivity contribution in [3.05, 3.63) is 53.3 Å². The highest BCUT2D eigenvalue weighted by molar-refractivity contribution is 7.90. The van der Waals surface area contributed by atoms with Gasteiger partial charge in [0.2, 0.25) is 5.96 Å². The molecule has 22 heavy (non-hydrogen) atoms. The Balaban J connectivity index is 1.89. The van der Waals surface area contributed by atoms with Gasteiger partial charge in [0.1, 0.15) is 4.90 Å². The molecule has 114 valence electrons. The van der Waals surface area contributed by atoms with Gasteiger partial charge in [-0.1, -0.05) is 17.7 Å². The Kier molecular flexibility index (Phi) is 3.76.